The van der Waals surface area contributed by atoms with Crippen LogP contribution in [0.2, 0.25) is 0 Å². The molecule has 8 heterocycles. The van der Waals surface area contributed by atoms with Crippen LogP contribution in [0, 0.1) is 5.92 Å². The topological polar surface area (TPSA) is 109 Å². The third kappa shape index (κ3) is 5.29. The number of amides is 2. The van der Waals surface area contributed by atoms with Crippen LogP contribution in [-0.4, -0.2) is 89.3 Å². The Morgan fingerprint density at radius 2 is 2.00 bits per heavy atom. The van der Waals surface area contributed by atoms with E-state index in [9.17, 15) is 4.79 Å². The predicted octanol–water partition coefficient (Wildman–Crippen LogP) is 4.24. The summed E-state index contributed by atoms with van der Waals surface area (Å²) < 4.78 is 14.2. The Bertz CT molecular complexity index is 1690. The molecule has 2 amide bonds. The maximum absolute atomic E-state index is 13.0. The van der Waals surface area contributed by atoms with Gasteiger partial charge < -0.3 is 29.9 Å². The summed E-state index contributed by atoms with van der Waals surface area (Å²) in [5.74, 6) is 2.21. The van der Waals surface area contributed by atoms with E-state index in [0.717, 1.165) is 91.5 Å². The van der Waals surface area contributed by atoms with Gasteiger partial charge >= 0.3 is 6.03 Å². The number of anilines is 2. The highest BCUT2D eigenvalue weighted by molar-refractivity contribution is 5.90. The third-order valence-electron chi connectivity index (χ3n) is 9.76. The fourth-order valence-electron chi connectivity index (χ4n) is 7.38. The van der Waals surface area contributed by atoms with Gasteiger partial charge in [0.05, 0.1) is 55.4 Å². The Labute approximate surface area is 262 Å². The Hall–Kier alpha value is -4.48. The number of hydrogen-bond acceptors (Lipinski definition) is 8. The first-order valence-electron chi connectivity index (χ1n) is 15.8. The maximum atomic E-state index is 13.0. The minimum Gasteiger partial charge on any atom is -0.492 e. The van der Waals surface area contributed by atoms with E-state index in [2.05, 4.69) is 50.5 Å². The number of carbonyl (C=O) groups excluding carboxylic acids is 1. The van der Waals surface area contributed by atoms with Crippen LogP contribution < -0.4 is 20.3 Å². The number of hydrogen-bond donors (Lipinski definition) is 2. The molecule has 0 radical (unpaired) electrons. The summed E-state index contributed by atoms with van der Waals surface area (Å²) in [6.45, 7) is 9.06. The van der Waals surface area contributed by atoms with Gasteiger partial charge in [0.1, 0.15) is 11.6 Å². The van der Waals surface area contributed by atoms with Gasteiger partial charge in [-0.1, -0.05) is 18.2 Å². The van der Waals surface area contributed by atoms with Crippen LogP contribution in [-0.2, 0) is 11.3 Å². The molecule has 232 valence electrons. The number of aromatic nitrogens is 3. The lowest BCUT2D eigenvalue weighted by atomic mass is 9.88. The number of piperidine rings is 1. The van der Waals surface area contributed by atoms with Crippen molar-refractivity contribution < 1.29 is 14.3 Å². The van der Waals surface area contributed by atoms with E-state index in [0.29, 0.717) is 19.1 Å². The summed E-state index contributed by atoms with van der Waals surface area (Å²) >= 11 is 0. The van der Waals surface area contributed by atoms with Gasteiger partial charge in [0.25, 0.3) is 0 Å². The van der Waals surface area contributed by atoms with Crippen molar-refractivity contribution in [2.45, 2.75) is 43.5 Å². The molecular weight excluding hydrogens is 568 g/mol. The first-order valence-corrected chi connectivity index (χ1v) is 15.8. The van der Waals surface area contributed by atoms with Crippen LogP contribution in [0.1, 0.15) is 24.8 Å². The highest BCUT2D eigenvalue weighted by Crippen LogP contribution is 2.37. The molecule has 3 unspecified atom stereocenters. The number of aliphatic imine (C=N–C) groups is 1. The number of rotatable bonds is 9. The minimum absolute atomic E-state index is 0.0293. The molecule has 3 atom stereocenters. The van der Waals surface area contributed by atoms with Crippen molar-refractivity contribution in [3.8, 4) is 16.9 Å². The Morgan fingerprint density at radius 3 is 2.71 bits per heavy atom. The van der Waals surface area contributed by atoms with Crippen molar-refractivity contribution in [2.75, 3.05) is 49.6 Å². The van der Waals surface area contributed by atoms with Crippen molar-refractivity contribution in [3.05, 3.63) is 72.7 Å². The van der Waals surface area contributed by atoms with Crippen molar-refractivity contribution in [1.29, 1.82) is 0 Å². The average molecular weight is 607 g/mol. The standard InChI is InChI=1S/C34H38N8O3/c1-35-14-25-16-38-41-19-29(44-10-9-23-13-34(45-20-23)21-36-22-34)12-30(32(25)41)24-7-8-31(37-15-24)40-17-27-11-28(18-40)42(27)33(43)39-26-5-3-2-4-6-26/h2-8,12,15-16,19,23,27-28,36H,1,9-11,13-14,17-18,20-22H2,(H,39,43). The number of urea groups is 1. The predicted molar refractivity (Wildman–Crippen MR) is 173 cm³/mol. The molecule has 1 spiro atoms. The van der Waals surface area contributed by atoms with Crippen LogP contribution in [0.25, 0.3) is 16.6 Å². The molecular formula is C34H38N8O3. The molecule has 5 aliphatic heterocycles. The molecule has 45 heavy (non-hydrogen) atoms. The number of pyridine rings is 2. The number of nitrogens with one attached hydrogen (secondary N) is 2. The summed E-state index contributed by atoms with van der Waals surface area (Å²) in [4.78, 5) is 26.2. The van der Waals surface area contributed by atoms with Crippen molar-refractivity contribution in [3.63, 3.8) is 0 Å². The van der Waals surface area contributed by atoms with Gasteiger partial charge in [0.2, 0.25) is 0 Å². The molecule has 11 heteroatoms. The fraction of sp³-hybridized carbons (Fsp3) is 0.412. The zero-order chi connectivity index (χ0) is 30.4. The Morgan fingerprint density at radius 1 is 1.16 bits per heavy atom. The number of nitrogens with zero attached hydrogens (tertiary/aromatic N) is 6. The monoisotopic (exact) mass is 606 g/mol. The number of piperazine rings is 1. The zero-order valence-electron chi connectivity index (χ0n) is 25.3. The van der Waals surface area contributed by atoms with E-state index >= 15 is 0 Å². The van der Waals surface area contributed by atoms with Gasteiger partial charge in [0, 0.05) is 54.8 Å². The van der Waals surface area contributed by atoms with Gasteiger partial charge in [0.15, 0.2) is 0 Å². The SMILES string of the molecule is C=NCc1cnn2cc(OCCC3COC4(CNC4)C3)cc(-c3ccc(N4CC5CC(C4)N5C(=O)Nc4ccccc4)nc3)c12. The molecule has 5 aliphatic rings. The number of fused-ring (bicyclic) bond motifs is 3. The fourth-order valence-corrected chi connectivity index (χ4v) is 7.38. The highest BCUT2D eigenvalue weighted by atomic mass is 16.5. The van der Waals surface area contributed by atoms with Crippen molar-refractivity contribution >= 4 is 29.8 Å². The molecule has 0 aliphatic carbocycles. The second-order valence-corrected chi connectivity index (χ2v) is 12.8. The van der Waals surface area contributed by atoms with Crippen LogP contribution >= 0.6 is 0 Å². The zero-order valence-corrected chi connectivity index (χ0v) is 25.3. The molecule has 11 nitrogen and oxygen atoms in total. The highest BCUT2D eigenvalue weighted by Gasteiger charge is 2.48. The molecule has 5 saturated heterocycles. The van der Waals surface area contributed by atoms with E-state index in [1.54, 1.807) is 0 Å². The largest absolute Gasteiger partial charge is 0.492 e. The summed E-state index contributed by atoms with van der Waals surface area (Å²) in [5.41, 5.74) is 4.84. The van der Waals surface area contributed by atoms with Gasteiger partial charge in [-0.05, 0) is 62.2 Å². The third-order valence-corrected chi connectivity index (χ3v) is 9.76. The molecule has 2 N–H and O–H groups in total. The quantitative estimate of drug-likeness (QED) is 0.275. The molecule has 0 saturated carbocycles. The molecule has 9 rings (SSSR count). The smallest absolute Gasteiger partial charge is 0.322 e. The van der Waals surface area contributed by atoms with Crippen molar-refractivity contribution in [1.82, 2.24) is 24.8 Å². The van der Waals surface area contributed by atoms with E-state index in [-0.39, 0.29) is 23.7 Å². The lowest BCUT2D eigenvalue weighted by Gasteiger charge is -2.56. The maximum Gasteiger partial charge on any atom is 0.322 e. The number of para-hydroxylation sites is 1. The minimum atomic E-state index is -0.0293. The first-order chi connectivity index (χ1) is 22.1. The van der Waals surface area contributed by atoms with Gasteiger partial charge in [-0.3, -0.25) is 4.99 Å². The second kappa shape index (κ2) is 11.5. The molecule has 5 fully saturated rings. The van der Waals surface area contributed by atoms with E-state index < -0.39 is 0 Å². The molecule has 4 aromatic rings. The molecule has 3 aromatic heterocycles. The van der Waals surface area contributed by atoms with E-state index in [1.807, 2.05) is 58.3 Å². The number of ether oxygens (including phenoxy) is 2. The lowest BCUT2D eigenvalue weighted by Crippen LogP contribution is -2.71. The van der Waals surface area contributed by atoms with Crippen LogP contribution in [0.5, 0.6) is 5.75 Å². The van der Waals surface area contributed by atoms with Gasteiger partial charge in [-0.2, -0.15) is 5.10 Å². The molecule has 2 bridgehead atoms. The number of benzene rings is 1. The number of carbonyl (C=O) groups is 1. The Kier molecular flexibility index (Phi) is 7.14. The van der Waals surface area contributed by atoms with Gasteiger partial charge in [-0.15, -0.1) is 0 Å². The summed E-state index contributed by atoms with van der Waals surface area (Å²) in [7, 11) is 0. The van der Waals surface area contributed by atoms with Crippen LogP contribution in [0.15, 0.2) is 72.1 Å². The molecule has 1 aromatic carbocycles. The summed E-state index contributed by atoms with van der Waals surface area (Å²) in [6, 6.07) is 16.2. The van der Waals surface area contributed by atoms with E-state index in [1.165, 1.54) is 0 Å². The van der Waals surface area contributed by atoms with E-state index in [4.69, 9.17) is 14.5 Å². The first kappa shape index (κ1) is 28.0. The Balaban J connectivity index is 0.963. The van der Waals surface area contributed by atoms with Crippen molar-refractivity contribution in [2.24, 2.45) is 10.9 Å². The lowest BCUT2D eigenvalue weighted by molar-refractivity contribution is -0.0363. The summed E-state index contributed by atoms with van der Waals surface area (Å²) in [5, 5.41) is 11.0. The van der Waals surface area contributed by atoms with Crippen LogP contribution in [0.3, 0.4) is 0 Å². The van der Waals surface area contributed by atoms with Crippen LogP contribution in [0.4, 0.5) is 16.3 Å². The van der Waals surface area contributed by atoms with Gasteiger partial charge in [-0.25, -0.2) is 14.3 Å². The summed E-state index contributed by atoms with van der Waals surface area (Å²) in [6.07, 6.45) is 8.79. The second-order valence-electron chi connectivity index (χ2n) is 12.8. The normalized spacial score (nSPS) is 23.1. The average Bonchev–Trinajstić information content (AvgIpc) is 3.67.